The number of ether oxygens (including phenoxy) is 1. The van der Waals surface area contributed by atoms with E-state index >= 15 is 0 Å². The highest BCUT2D eigenvalue weighted by atomic mass is 79.9. The van der Waals surface area contributed by atoms with Crippen molar-refractivity contribution in [1.82, 2.24) is 4.57 Å². The molecule has 0 radical (unpaired) electrons. The van der Waals surface area contributed by atoms with Gasteiger partial charge in [-0.3, -0.25) is 0 Å². The summed E-state index contributed by atoms with van der Waals surface area (Å²) in [6.45, 7) is 1.06. The minimum Gasteiger partial charge on any atom is -1.00 e. The molecule has 3 aromatic rings. The Morgan fingerprint density at radius 2 is 1.75 bits per heavy atom. The molecule has 0 saturated heterocycles. The number of aromatic nitrogens is 2. The SMILES string of the molecule is COc1ccc(-c2cn(-c3ccccc3)c3[n+]2CCS3)cc1.O.[Br-]. The van der Waals surface area contributed by atoms with Crippen LogP contribution in [0.15, 0.2) is 66.0 Å². The summed E-state index contributed by atoms with van der Waals surface area (Å²) in [5.41, 5.74) is 3.69. The third kappa shape index (κ3) is 3.22. The second kappa shape index (κ2) is 7.88. The van der Waals surface area contributed by atoms with Crippen LogP contribution in [0.4, 0.5) is 0 Å². The monoisotopic (exact) mass is 406 g/mol. The summed E-state index contributed by atoms with van der Waals surface area (Å²) < 4.78 is 9.95. The Hall–Kier alpha value is -1.76. The maximum Gasteiger partial charge on any atom is 0.323 e. The van der Waals surface area contributed by atoms with Crippen molar-refractivity contribution in [2.75, 3.05) is 12.9 Å². The molecule has 2 heterocycles. The van der Waals surface area contributed by atoms with Gasteiger partial charge in [-0.15, -0.1) is 0 Å². The highest BCUT2D eigenvalue weighted by molar-refractivity contribution is 7.99. The molecule has 2 N–H and O–H groups in total. The fourth-order valence-electron chi connectivity index (χ4n) is 2.84. The molecule has 1 aliphatic heterocycles. The molecule has 0 spiro atoms. The Morgan fingerprint density at radius 3 is 2.42 bits per heavy atom. The van der Waals surface area contributed by atoms with Crippen molar-refractivity contribution in [3.63, 3.8) is 0 Å². The van der Waals surface area contributed by atoms with Gasteiger partial charge in [-0.25, -0.2) is 4.57 Å². The van der Waals surface area contributed by atoms with E-state index in [1.807, 2.05) is 23.9 Å². The molecule has 0 unspecified atom stereocenters. The maximum atomic E-state index is 5.26. The molecule has 4 rings (SSSR count). The first-order valence-corrected chi connectivity index (χ1v) is 8.33. The fraction of sp³-hybridized carbons (Fsp3) is 0.167. The molecular weight excluding hydrogens is 388 g/mol. The highest BCUT2D eigenvalue weighted by Crippen LogP contribution is 2.29. The van der Waals surface area contributed by atoms with Crippen LogP contribution in [0.2, 0.25) is 0 Å². The Bertz CT molecular complexity index is 804. The summed E-state index contributed by atoms with van der Waals surface area (Å²) in [7, 11) is 1.70. The first-order valence-electron chi connectivity index (χ1n) is 7.34. The molecule has 0 saturated carbocycles. The molecule has 1 aromatic heterocycles. The standard InChI is InChI=1S/C18H17N2OS.BrH.H2O/c1-21-16-9-7-14(8-10-16)17-13-20(15-5-3-2-4-6-15)18-19(17)11-12-22-18;;/h2-10,13H,11-12H2,1H3;1H;1H2/q+1;;/p-1. The summed E-state index contributed by atoms with van der Waals surface area (Å²) >= 11 is 1.91. The van der Waals surface area contributed by atoms with Gasteiger partial charge in [0.2, 0.25) is 0 Å². The van der Waals surface area contributed by atoms with Crippen LogP contribution in [0.25, 0.3) is 16.9 Å². The smallest absolute Gasteiger partial charge is 0.323 e. The summed E-state index contributed by atoms with van der Waals surface area (Å²) in [5, 5.41) is 1.30. The lowest BCUT2D eigenvalue weighted by Gasteiger charge is -2.01. The number of thioether (sulfide) groups is 1. The van der Waals surface area contributed by atoms with Crippen LogP contribution >= 0.6 is 11.8 Å². The van der Waals surface area contributed by atoms with Crippen LogP contribution in [0.1, 0.15) is 0 Å². The zero-order valence-corrected chi connectivity index (χ0v) is 15.7. The molecule has 126 valence electrons. The second-order valence-corrected chi connectivity index (χ2v) is 6.29. The van der Waals surface area contributed by atoms with Gasteiger partial charge in [-0.2, -0.15) is 4.57 Å². The van der Waals surface area contributed by atoms with E-state index in [0.29, 0.717) is 0 Å². The van der Waals surface area contributed by atoms with Gasteiger partial charge in [0, 0.05) is 11.3 Å². The van der Waals surface area contributed by atoms with Gasteiger partial charge >= 0.3 is 5.16 Å². The largest absolute Gasteiger partial charge is 1.00 e. The molecule has 0 fully saturated rings. The molecule has 2 aromatic carbocycles. The Kier molecular flexibility index (Phi) is 6.10. The summed E-state index contributed by atoms with van der Waals surface area (Å²) in [4.78, 5) is 0. The molecule has 6 heteroatoms. The van der Waals surface area contributed by atoms with Crippen molar-refractivity contribution in [2.24, 2.45) is 0 Å². The van der Waals surface area contributed by atoms with Gasteiger partial charge in [-0.1, -0.05) is 18.2 Å². The first kappa shape index (κ1) is 18.6. The van der Waals surface area contributed by atoms with Crippen molar-refractivity contribution in [3.8, 4) is 22.7 Å². The number of imidazole rings is 1. The van der Waals surface area contributed by atoms with Crippen molar-refractivity contribution >= 4 is 11.8 Å². The summed E-state index contributed by atoms with van der Waals surface area (Å²) in [5.74, 6) is 2.02. The van der Waals surface area contributed by atoms with E-state index < -0.39 is 0 Å². The Balaban J connectivity index is 0.00000104. The molecular formula is C18H19BrN2O2S. The zero-order valence-electron chi connectivity index (χ0n) is 13.3. The van der Waals surface area contributed by atoms with E-state index in [-0.39, 0.29) is 22.5 Å². The number of para-hydroxylation sites is 1. The molecule has 4 nitrogen and oxygen atoms in total. The molecule has 0 aliphatic carbocycles. The normalized spacial score (nSPS) is 12.0. The number of fused-ring (bicyclic) bond motifs is 1. The van der Waals surface area contributed by atoms with Crippen LogP contribution in [0.3, 0.4) is 0 Å². The third-order valence-electron chi connectivity index (χ3n) is 3.95. The lowest BCUT2D eigenvalue weighted by atomic mass is 10.1. The van der Waals surface area contributed by atoms with E-state index in [0.717, 1.165) is 18.0 Å². The van der Waals surface area contributed by atoms with Gasteiger partial charge in [0.15, 0.2) is 5.69 Å². The molecule has 1 aliphatic rings. The summed E-state index contributed by atoms with van der Waals surface area (Å²) in [6.07, 6.45) is 2.23. The minimum atomic E-state index is 0. The summed E-state index contributed by atoms with van der Waals surface area (Å²) in [6, 6.07) is 18.8. The molecule has 0 amide bonds. The van der Waals surface area contributed by atoms with Crippen LogP contribution in [0, 0.1) is 0 Å². The predicted molar refractivity (Wildman–Crippen MR) is 92.3 cm³/mol. The van der Waals surface area contributed by atoms with E-state index in [9.17, 15) is 0 Å². The maximum absolute atomic E-state index is 5.26. The van der Waals surface area contributed by atoms with Crippen LogP contribution in [0.5, 0.6) is 5.75 Å². The van der Waals surface area contributed by atoms with Crippen LogP contribution in [-0.2, 0) is 6.54 Å². The average Bonchev–Trinajstić information content (AvgIpc) is 3.18. The number of hydrogen-bond donors (Lipinski definition) is 0. The number of methoxy groups -OCH3 is 1. The van der Waals surface area contributed by atoms with Gasteiger partial charge in [0.25, 0.3) is 0 Å². The number of nitrogens with zero attached hydrogens (tertiary/aromatic N) is 2. The lowest BCUT2D eigenvalue weighted by molar-refractivity contribution is -0.713. The average molecular weight is 407 g/mol. The van der Waals surface area contributed by atoms with Gasteiger partial charge in [-0.05, 0) is 48.2 Å². The molecule has 0 atom stereocenters. The quantitative estimate of drug-likeness (QED) is 0.562. The highest BCUT2D eigenvalue weighted by Gasteiger charge is 2.30. The van der Waals surface area contributed by atoms with Gasteiger partial charge in [0.1, 0.15) is 24.2 Å². The van der Waals surface area contributed by atoms with Gasteiger partial charge in [0.05, 0.1) is 7.11 Å². The fourth-order valence-corrected chi connectivity index (χ4v) is 3.94. The third-order valence-corrected chi connectivity index (χ3v) is 5.01. The van der Waals surface area contributed by atoms with Gasteiger partial charge < -0.3 is 27.2 Å². The number of benzene rings is 2. The Morgan fingerprint density at radius 1 is 1.04 bits per heavy atom. The number of hydrogen-bond acceptors (Lipinski definition) is 2. The predicted octanol–water partition coefficient (Wildman–Crippen LogP) is -0.275. The number of rotatable bonds is 3. The molecule has 24 heavy (non-hydrogen) atoms. The number of halogens is 1. The van der Waals surface area contributed by atoms with Crippen molar-refractivity contribution < 1.29 is 31.8 Å². The lowest BCUT2D eigenvalue weighted by Crippen LogP contribution is -3.00. The van der Waals surface area contributed by atoms with Crippen molar-refractivity contribution in [3.05, 3.63) is 60.8 Å². The molecule has 0 bridgehead atoms. The van der Waals surface area contributed by atoms with Crippen molar-refractivity contribution in [2.45, 2.75) is 11.7 Å². The topological polar surface area (TPSA) is 49.5 Å². The Labute approximate surface area is 156 Å². The van der Waals surface area contributed by atoms with E-state index in [4.69, 9.17) is 4.74 Å². The first-order chi connectivity index (χ1) is 10.9. The minimum absolute atomic E-state index is 0. The van der Waals surface area contributed by atoms with E-state index in [2.05, 4.69) is 57.8 Å². The van der Waals surface area contributed by atoms with E-state index in [1.54, 1.807) is 7.11 Å². The van der Waals surface area contributed by atoms with E-state index in [1.165, 1.54) is 22.1 Å². The second-order valence-electron chi connectivity index (χ2n) is 5.23. The van der Waals surface area contributed by atoms with Crippen molar-refractivity contribution in [1.29, 1.82) is 0 Å². The zero-order chi connectivity index (χ0) is 14.9. The van der Waals surface area contributed by atoms with Crippen LogP contribution in [-0.4, -0.2) is 22.9 Å². The van der Waals surface area contributed by atoms with Crippen LogP contribution < -0.4 is 26.3 Å².